The second-order valence-corrected chi connectivity index (χ2v) is 4.59. The molecule has 1 aliphatic heterocycles. The van der Waals surface area contributed by atoms with Crippen LogP contribution in [0, 0.1) is 0 Å². The van der Waals surface area contributed by atoms with Gasteiger partial charge in [0.25, 0.3) is 0 Å². The van der Waals surface area contributed by atoms with Crippen LogP contribution in [0.1, 0.15) is 31.7 Å². The van der Waals surface area contributed by atoms with Gasteiger partial charge in [0.1, 0.15) is 0 Å². The van der Waals surface area contributed by atoms with E-state index in [0.717, 1.165) is 31.9 Å². The van der Waals surface area contributed by atoms with Crippen LogP contribution in [0.4, 0.5) is 18.9 Å². The van der Waals surface area contributed by atoms with Gasteiger partial charge in [0, 0.05) is 18.3 Å². The summed E-state index contributed by atoms with van der Waals surface area (Å²) in [4.78, 5) is 2.07. The smallest absolute Gasteiger partial charge is 0.369 e. The van der Waals surface area contributed by atoms with Gasteiger partial charge in [-0.05, 0) is 44.4 Å². The Morgan fingerprint density at radius 1 is 1.24 bits per heavy atom. The summed E-state index contributed by atoms with van der Waals surface area (Å²) in [5.41, 5.74) is 0.125. The van der Waals surface area contributed by atoms with Crippen molar-refractivity contribution in [1.29, 1.82) is 0 Å². The van der Waals surface area contributed by atoms with Crippen LogP contribution in [0.2, 0.25) is 0 Å². The molecule has 17 heavy (non-hydrogen) atoms. The van der Waals surface area contributed by atoms with Gasteiger partial charge >= 0.3 is 6.18 Å². The zero-order valence-electron chi connectivity index (χ0n) is 9.80. The fourth-order valence-corrected chi connectivity index (χ4v) is 2.34. The quantitative estimate of drug-likeness (QED) is 0.718. The van der Waals surface area contributed by atoms with Crippen LogP contribution in [-0.2, 0) is 6.18 Å². The van der Waals surface area contributed by atoms with Crippen LogP contribution < -0.4 is 4.90 Å². The van der Waals surface area contributed by atoms with E-state index >= 15 is 0 Å². The highest BCUT2D eigenvalue weighted by Crippen LogP contribution is 2.33. The lowest BCUT2D eigenvalue weighted by atomic mass is 10.0. The van der Waals surface area contributed by atoms with Gasteiger partial charge < -0.3 is 4.90 Å². The summed E-state index contributed by atoms with van der Waals surface area (Å²) >= 11 is 0. The van der Waals surface area contributed by atoms with E-state index in [0.29, 0.717) is 11.7 Å². The van der Waals surface area contributed by atoms with Gasteiger partial charge in [-0.15, -0.1) is 0 Å². The Kier molecular flexibility index (Phi) is 3.31. The predicted molar refractivity (Wildman–Crippen MR) is 62.1 cm³/mol. The average molecular weight is 243 g/mol. The number of anilines is 1. The Morgan fingerprint density at radius 3 is 2.65 bits per heavy atom. The highest BCUT2D eigenvalue weighted by atomic mass is 19.4. The van der Waals surface area contributed by atoms with Gasteiger partial charge in [0.2, 0.25) is 0 Å². The third-order valence-electron chi connectivity index (χ3n) is 3.31. The summed E-state index contributed by atoms with van der Waals surface area (Å²) < 4.78 is 37.8. The van der Waals surface area contributed by atoms with E-state index in [9.17, 15) is 13.2 Å². The Hall–Kier alpha value is -1.19. The molecule has 1 aliphatic rings. The number of piperidine rings is 1. The van der Waals surface area contributed by atoms with Crippen molar-refractivity contribution in [2.75, 3.05) is 11.4 Å². The lowest BCUT2D eigenvalue weighted by Gasteiger charge is -2.35. The monoisotopic (exact) mass is 243 g/mol. The number of nitrogens with zero attached hydrogens (tertiary/aromatic N) is 1. The summed E-state index contributed by atoms with van der Waals surface area (Å²) in [6.45, 7) is 2.92. The van der Waals surface area contributed by atoms with E-state index in [-0.39, 0.29) is 0 Å². The van der Waals surface area contributed by atoms with Gasteiger partial charge in [-0.3, -0.25) is 0 Å². The van der Waals surface area contributed by atoms with E-state index in [1.165, 1.54) is 12.1 Å². The minimum Gasteiger partial charge on any atom is -0.369 e. The Labute approximate surface area is 99.2 Å². The number of benzene rings is 1. The van der Waals surface area contributed by atoms with E-state index in [2.05, 4.69) is 11.8 Å². The normalized spacial score (nSPS) is 21.6. The predicted octanol–water partition coefficient (Wildman–Crippen LogP) is 4.08. The largest absolute Gasteiger partial charge is 0.416 e. The van der Waals surface area contributed by atoms with Crippen molar-refractivity contribution in [3.05, 3.63) is 29.8 Å². The molecule has 1 fully saturated rings. The van der Waals surface area contributed by atoms with Crippen LogP contribution in [0.15, 0.2) is 24.3 Å². The van der Waals surface area contributed by atoms with Crippen molar-refractivity contribution in [2.24, 2.45) is 0 Å². The molecule has 1 unspecified atom stereocenters. The Bertz CT molecular complexity index is 386. The van der Waals surface area contributed by atoms with E-state index in [1.54, 1.807) is 6.07 Å². The SMILES string of the molecule is CC1CCCCN1c1cccc(C(F)(F)F)c1. The second-order valence-electron chi connectivity index (χ2n) is 4.59. The molecule has 0 N–H and O–H groups in total. The molecule has 94 valence electrons. The van der Waals surface area contributed by atoms with E-state index < -0.39 is 11.7 Å². The van der Waals surface area contributed by atoms with Gasteiger partial charge in [0.05, 0.1) is 5.56 Å². The van der Waals surface area contributed by atoms with Gasteiger partial charge in [-0.1, -0.05) is 6.07 Å². The molecule has 1 saturated heterocycles. The van der Waals surface area contributed by atoms with E-state index in [4.69, 9.17) is 0 Å². The van der Waals surface area contributed by atoms with Crippen molar-refractivity contribution in [1.82, 2.24) is 0 Å². The van der Waals surface area contributed by atoms with Crippen LogP contribution in [0.25, 0.3) is 0 Å². The first-order chi connectivity index (χ1) is 7.98. The van der Waals surface area contributed by atoms with Crippen LogP contribution >= 0.6 is 0 Å². The lowest BCUT2D eigenvalue weighted by Crippen LogP contribution is -2.37. The van der Waals surface area contributed by atoms with Gasteiger partial charge in [0.15, 0.2) is 0 Å². The first-order valence-corrected chi connectivity index (χ1v) is 5.92. The minimum absolute atomic E-state index is 0.326. The molecule has 1 nitrogen and oxygen atoms in total. The second kappa shape index (κ2) is 4.59. The molecule has 1 aromatic carbocycles. The van der Waals surface area contributed by atoms with Crippen LogP contribution in [-0.4, -0.2) is 12.6 Å². The molecule has 0 saturated carbocycles. The maximum atomic E-state index is 12.6. The Morgan fingerprint density at radius 2 is 2.00 bits per heavy atom. The first-order valence-electron chi connectivity index (χ1n) is 5.92. The maximum absolute atomic E-state index is 12.6. The number of halogens is 3. The lowest BCUT2D eigenvalue weighted by molar-refractivity contribution is -0.137. The fourth-order valence-electron chi connectivity index (χ4n) is 2.34. The maximum Gasteiger partial charge on any atom is 0.416 e. The minimum atomic E-state index is -4.25. The summed E-state index contributed by atoms with van der Waals surface area (Å²) in [7, 11) is 0. The molecule has 0 radical (unpaired) electrons. The van der Waals surface area contributed by atoms with Gasteiger partial charge in [-0.2, -0.15) is 13.2 Å². The topological polar surface area (TPSA) is 3.24 Å². The van der Waals surface area contributed by atoms with Crippen molar-refractivity contribution >= 4 is 5.69 Å². The zero-order chi connectivity index (χ0) is 12.5. The van der Waals surface area contributed by atoms with Crippen molar-refractivity contribution in [2.45, 2.75) is 38.4 Å². The van der Waals surface area contributed by atoms with Crippen molar-refractivity contribution in [3.8, 4) is 0 Å². The fraction of sp³-hybridized carbons (Fsp3) is 0.538. The van der Waals surface area contributed by atoms with Crippen LogP contribution in [0.3, 0.4) is 0 Å². The summed E-state index contributed by atoms with van der Waals surface area (Å²) in [6.07, 6.45) is -0.984. The third kappa shape index (κ3) is 2.73. The summed E-state index contributed by atoms with van der Waals surface area (Å²) in [5.74, 6) is 0. The highest BCUT2D eigenvalue weighted by molar-refractivity contribution is 5.50. The molecular weight excluding hydrogens is 227 g/mol. The molecule has 1 aromatic rings. The Balaban J connectivity index is 2.26. The molecular formula is C13H16F3N. The molecule has 0 aliphatic carbocycles. The third-order valence-corrected chi connectivity index (χ3v) is 3.31. The average Bonchev–Trinajstić information content (AvgIpc) is 2.29. The van der Waals surface area contributed by atoms with Crippen molar-refractivity contribution in [3.63, 3.8) is 0 Å². The van der Waals surface area contributed by atoms with Crippen molar-refractivity contribution < 1.29 is 13.2 Å². The first kappa shape index (κ1) is 12.3. The number of alkyl halides is 3. The molecule has 0 aromatic heterocycles. The van der Waals surface area contributed by atoms with Crippen LogP contribution in [0.5, 0.6) is 0 Å². The highest BCUT2D eigenvalue weighted by Gasteiger charge is 2.31. The molecule has 1 heterocycles. The number of hydrogen-bond donors (Lipinski definition) is 0. The molecule has 0 bridgehead atoms. The summed E-state index contributed by atoms with van der Waals surface area (Å²) in [6, 6.07) is 5.95. The molecule has 4 heteroatoms. The molecule has 0 amide bonds. The number of hydrogen-bond acceptors (Lipinski definition) is 1. The summed E-state index contributed by atoms with van der Waals surface area (Å²) in [5, 5.41) is 0. The van der Waals surface area contributed by atoms with Gasteiger partial charge in [-0.25, -0.2) is 0 Å². The molecule has 0 spiro atoms. The molecule has 1 atom stereocenters. The molecule has 2 rings (SSSR count). The standard InChI is InChI=1S/C13H16F3N/c1-10-5-2-3-8-17(10)12-7-4-6-11(9-12)13(14,15)16/h4,6-7,9-10H,2-3,5,8H2,1H3. The van der Waals surface area contributed by atoms with E-state index in [1.807, 2.05) is 0 Å². The zero-order valence-corrected chi connectivity index (χ0v) is 9.80. The number of rotatable bonds is 1.